The van der Waals surface area contributed by atoms with Crippen LogP contribution in [0.15, 0.2) is 18.2 Å². The zero-order chi connectivity index (χ0) is 11.0. The third kappa shape index (κ3) is 1.76. The van der Waals surface area contributed by atoms with Crippen molar-refractivity contribution >= 4 is 0 Å². The molecule has 2 heterocycles. The third-order valence-electron chi connectivity index (χ3n) is 4.18. The molecule has 0 unspecified atom stereocenters. The molecule has 3 rings (SSSR count). The van der Waals surface area contributed by atoms with Gasteiger partial charge in [0.1, 0.15) is 13.1 Å². The lowest BCUT2D eigenvalue weighted by Gasteiger charge is -2.28. The highest BCUT2D eigenvalue weighted by molar-refractivity contribution is 5.33. The molecule has 0 radical (unpaired) electrons. The zero-order valence-corrected chi connectivity index (χ0v) is 10.1. The Morgan fingerprint density at radius 3 is 2.88 bits per heavy atom. The van der Waals surface area contributed by atoms with Gasteiger partial charge in [0.2, 0.25) is 0 Å². The van der Waals surface area contributed by atoms with Crippen LogP contribution < -0.4 is 10.2 Å². The van der Waals surface area contributed by atoms with Crippen molar-refractivity contribution in [3.63, 3.8) is 0 Å². The Hall–Kier alpha value is -0.860. The second-order valence-electron chi connectivity index (χ2n) is 5.35. The first-order valence-electron chi connectivity index (χ1n) is 6.60. The molecule has 2 aliphatic heterocycles. The van der Waals surface area contributed by atoms with Crippen LogP contribution in [-0.4, -0.2) is 19.6 Å². The predicted octanol–water partition coefficient (Wildman–Crippen LogP) is -0.208. The van der Waals surface area contributed by atoms with Crippen LogP contribution in [0.25, 0.3) is 0 Å². The maximum Gasteiger partial charge on any atom is 0.163 e. The normalized spacial score (nSPS) is 25.7. The number of quaternary nitrogens is 2. The molecule has 0 aliphatic carbocycles. The second-order valence-corrected chi connectivity index (χ2v) is 5.35. The molecule has 3 N–H and O–H groups in total. The largest absolute Gasteiger partial charge is 0.337 e. The summed E-state index contributed by atoms with van der Waals surface area (Å²) in [4.78, 5) is 1.82. The van der Waals surface area contributed by atoms with Crippen LogP contribution in [-0.2, 0) is 6.54 Å². The van der Waals surface area contributed by atoms with E-state index >= 15 is 0 Å². The standard InChI is InChI=1S/C14H20N2/c1-11-4-5-12-9-15-10-14(13(12)8-11)16-6-2-3-7-16/h4-5,8,14-15H,2-3,6-7,9-10H2,1H3/p+2/t14-/m1/s1. The number of rotatable bonds is 1. The summed E-state index contributed by atoms with van der Waals surface area (Å²) in [6.07, 6.45) is 2.85. The van der Waals surface area contributed by atoms with Crippen LogP contribution in [0.2, 0.25) is 0 Å². The number of benzene rings is 1. The van der Waals surface area contributed by atoms with Crippen LogP contribution in [0, 0.1) is 6.92 Å². The predicted molar refractivity (Wildman–Crippen MR) is 64.3 cm³/mol. The van der Waals surface area contributed by atoms with Gasteiger partial charge >= 0.3 is 0 Å². The number of fused-ring (bicyclic) bond motifs is 1. The highest BCUT2D eigenvalue weighted by Gasteiger charge is 2.33. The van der Waals surface area contributed by atoms with Crippen LogP contribution in [0.5, 0.6) is 0 Å². The van der Waals surface area contributed by atoms with Gasteiger partial charge in [-0.1, -0.05) is 17.7 Å². The Labute approximate surface area is 97.6 Å². The quantitative estimate of drug-likeness (QED) is 0.651. The molecule has 86 valence electrons. The molecular formula is C14H22N2+2. The van der Waals surface area contributed by atoms with E-state index in [1.807, 2.05) is 4.90 Å². The van der Waals surface area contributed by atoms with Crippen LogP contribution >= 0.6 is 0 Å². The summed E-state index contributed by atoms with van der Waals surface area (Å²) in [5, 5.41) is 2.48. The van der Waals surface area contributed by atoms with Gasteiger partial charge in [-0.3, -0.25) is 0 Å². The van der Waals surface area contributed by atoms with Crippen molar-refractivity contribution in [1.29, 1.82) is 0 Å². The summed E-state index contributed by atoms with van der Waals surface area (Å²) in [5.74, 6) is 0. The monoisotopic (exact) mass is 218 g/mol. The number of nitrogens with two attached hydrogens (primary N) is 1. The molecule has 2 heteroatoms. The second kappa shape index (κ2) is 4.19. The van der Waals surface area contributed by atoms with E-state index in [1.165, 1.54) is 44.6 Å². The Morgan fingerprint density at radius 2 is 2.06 bits per heavy atom. The van der Waals surface area contributed by atoms with Crippen molar-refractivity contribution in [1.82, 2.24) is 0 Å². The molecule has 0 aromatic heterocycles. The molecule has 0 amide bonds. The molecule has 2 aliphatic rings. The van der Waals surface area contributed by atoms with Crippen molar-refractivity contribution in [2.24, 2.45) is 0 Å². The number of hydrogen-bond acceptors (Lipinski definition) is 0. The summed E-state index contributed by atoms with van der Waals surface area (Å²) >= 11 is 0. The minimum atomic E-state index is 0.756. The van der Waals surface area contributed by atoms with Gasteiger partial charge < -0.3 is 10.2 Å². The van der Waals surface area contributed by atoms with Crippen molar-refractivity contribution in [2.75, 3.05) is 19.6 Å². The summed E-state index contributed by atoms with van der Waals surface area (Å²) in [6.45, 7) is 7.44. The molecule has 1 fully saturated rings. The smallest absolute Gasteiger partial charge is 0.163 e. The average Bonchev–Trinajstić information content (AvgIpc) is 2.81. The fourth-order valence-electron chi connectivity index (χ4n) is 3.32. The van der Waals surface area contributed by atoms with Gasteiger partial charge in [0.05, 0.1) is 13.1 Å². The average molecular weight is 218 g/mol. The van der Waals surface area contributed by atoms with Gasteiger partial charge in [0.25, 0.3) is 0 Å². The maximum absolute atomic E-state index is 2.48. The molecule has 1 atom stereocenters. The fourth-order valence-corrected chi connectivity index (χ4v) is 3.32. The first kappa shape index (κ1) is 10.3. The van der Waals surface area contributed by atoms with E-state index in [0.717, 1.165) is 6.04 Å². The van der Waals surface area contributed by atoms with Gasteiger partial charge in [0, 0.05) is 24.0 Å². The molecular weight excluding hydrogens is 196 g/mol. The van der Waals surface area contributed by atoms with Gasteiger partial charge in [-0.15, -0.1) is 0 Å². The summed E-state index contributed by atoms with van der Waals surface area (Å²) < 4.78 is 0. The van der Waals surface area contributed by atoms with E-state index in [9.17, 15) is 0 Å². The van der Waals surface area contributed by atoms with E-state index < -0.39 is 0 Å². The first-order valence-corrected chi connectivity index (χ1v) is 6.60. The molecule has 0 saturated carbocycles. The SMILES string of the molecule is Cc1ccc2c(c1)[C@H]([NH+]1CCCC1)C[NH2+]C2. The summed E-state index contributed by atoms with van der Waals surface area (Å²) in [7, 11) is 0. The zero-order valence-electron chi connectivity index (χ0n) is 10.1. The van der Waals surface area contributed by atoms with E-state index in [0.29, 0.717) is 0 Å². The molecule has 1 aromatic rings. The lowest BCUT2D eigenvalue weighted by atomic mass is 9.94. The van der Waals surface area contributed by atoms with E-state index in [1.54, 1.807) is 11.1 Å². The van der Waals surface area contributed by atoms with E-state index in [4.69, 9.17) is 0 Å². The molecule has 2 nitrogen and oxygen atoms in total. The first-order chi connectivity index (χ1) is 7.84. The summed E-state index contributed by atoms with van der Waals surface area (Å²) in [5.41, 5.74) is 4.63. The molecule has 1 aromatic carbocycles. The minimum Gasteiger partial charge on any atom is -0.337 e. The molecule has 1 saturated heterocycles. The van der Waals surface area contributed by atoms with Crippen LogP contribution in [0.1, 0.15) is 35.6 Å². The molecule has 0 spiro atoms. The van der Waals surface area contributed by atoms with Crippen LogP contribution in [0.3, 0.4) is 0 Å². The van der Waals surface area contributed by atoms with Crippen molar-refractivity contribution in [2.45, 2.75) is 32.4 Å². The van der Waals surface area contributed by atoms with Crippen molar-refractivity contribution in [3.8, 4) is 0 Å². The lowest BCUT2D eigenvalue weighted by Crippen LogP contribution is -3.13. The highest BCUT2D eigenvalue weighted by Crippen LogP contribution is 2.19. The van der Waals surface area contributed by atoms with Crippen LogP contribution in [0.4, 0.5) is 0 Å². The third-order valence-corrected chi connectivity index (χ3v) is 4.18. The highest BCUT2D eigenvalue weighted by atomic mass is 15.2. The Bertz CT molecular complexity index is 380. The molecule has 16 heavy (non-hydrogen) atoms. The van der Waals surface area contributed by atoms with E-state index in [2.05, 4.69) is 30.4 Å². The lowest BCUT2D eigenvalue weighted by molar-refractivity contribution is -0.937. The number of nitrogens with one attached hydrogen (secondary N) is 1. The van der Waals surface area contributed by atoms with Gasteiger partial charge in [-0.2, -0.15) is 0 Å². The molecule has 0 bridgehead atoms. The maximum atomic E-state index is 2.48. The number of likely N-dealkylation sites (tertiary alicyclic amines) is 1. The Kier molecular flexibility index (Phi) is 2.70. The van der Waals surface area contributed by atoms with E-state index in [-0.39, 0.29) is 0 Å². The Balaban J connectivity index is 1.94. The van der Waals surface area contributed by atoms with Crippen molar-refractivity contribution in [3.05, 3.63) is 34.9 Å². The number of hydrogen-bond donors (Lipinski definition) is 2. The van der Waals surface area contributed by atoms with Gasteiger partial charge in [-0.05, 0) is 13.0 Å². The van der Waals surface area contributed by atoms with Gasteiger partial charge in [-0.25, -0.2) is 0 Å². The van der Waals surface area contributed by atoms with Crippen molar-refractivity contribution < 1.29 is 10.2 Å². The topological polar surface area (TPSA) is 21.1 Å². The minimum absolute atomic E-state index is 0.756. The number of aryl methyl sites for hydroxylation is 1. The van der Waals surface area contributed by atoms with Gasteiger partial charge in [0.15, 0.2) is 6.04 Å². The Morgan fingerprint density at radius 1 is 1.25 bits per heavy atom. The summed E-state index contributed by atoms with van der Waals surface area (Å²) in [6, 6.07) is 7.78. The fraction of sp³-hybridized carbons (Fsp3) is 0.571.